The molecule has 2 aromatic rings. The molecular formula is C20H25FN4O2. The fourth-order valence-electron chi connectivity index (χ4n) is 3.68. The van der Waals surface area contributed by atoms with Crippen LogP contribution in [0.2, 0.25) is 0 Å². The molecule has 4 rings (SSSR count). The van der Waals surface area contributed by atoms with E-state index in [2.05, 4.69) is 26.9 Å². The molecule has 27 heavy (non-hydrogen) atoms. The summed E-state index contributed by atoms with van der Waals surface area (Å²) < 4.78 is 19.9. The van der Waals surface area contributed by atoms with Crippen molar-refractivity contribution < 1.29 is 14.2 Å². The maximum atomic E-state index is 14.5. The number of nitrogens with zero attached hydrogens (tertiary/aromatic N) is 4. The Morgan fingerprint density at radius 2 is 1.67 bits per heavy atom. The number of hydrogen-bond donors (Lipinski definition) is 1. The maximum Gasteiger partial charge on any atom is 0.151 e. The van der Waals surface area contributed by atoms with E-state index in [1.165, 1.54) is 0 Å². The Labute approximate surface area is 158 Å². The zero-order valence-electron chi connectivity index (χ0n) is 15.4. The van der Waals surface area contributed by atoms with Crippen LogP contribution < -0.4 is 14.7 Å². The SMILES string of the molecule is OCc1cccc(N2CCN(c3ccc(N4CCOCC4)cn3)CC2)c1F. The lowest BCUT2D eigenvalue weighted by Gasteiger charge is -2.37. The van der Waals surface area contributed by atoms with Crippen LogP contribution in [0.25, 0.3) is 0 Å². The van der Waals surface area contributed by atoms with Gasteiger partial charge in [0.15, 0.2) is 5.82 Å². The van der Waals surface area contributed by atoms with Crippen LogP contribution in [0.5, 0.6) is 0 Å². The van der Waals surface area contributed by atoms with Gasteiger partial charge in [-0.15, -0.1) is 0 Å². The van der Waals surface area contributed by atoms with Crippen LogP contribution in [0.4, 0.5) is 21.6 Å². The molecule has 0 radical (unpaired) electrons. The highest BCUT2D eigenvalue weighted by atomic mass is 19.1. The molecule has 7 heteroatoms. The van der Waals surface area contributed by atoms with E-state index in [9.17, 15) is 9.50 Å². The molecule has 0 aliphatic carbocycles. The number of hydrogen-bond acceptors (Lipinski definition) is 6. The standard InChI is InChI=1S/C20H25FN4O2/c21-20-16(15-26)2-1-3-18(20)24-6-8-25(9-7-24)19-5-4-17(14-22-19)23-10-12-27-13-11-23/h1-5,14,26H,6-13,15H2. The first-order chi connectivity index (χ1) is 13.3. The normalized spacial score (nSPS) is 18.1. The van der Waals surface area contributed by atoms with Crippen molar-refractivity contribution in [2.24, 2.45) is 0 Å². The van der Waals surface area contributed by atoms with Crippen LogP contribution in [0.3, 0.4) is 0 Å². The maximum absolute atomic E-state index is 14.5. The first-order valence-electron chi connectivity index (χ1n) is 9.43. The minimum Gasteiger partial charge on any atom is -0.392 e. The number of benzene rings is 1. The molecule has 2 aliphatic rings. The van der Waals surface area contributed by atoms with Crippen molar-refractivity contribution in [2.45, 2.75) is 6.61 Å². The van der Waals surface area contributed by atoms with E-state index in [4.69, 9.17) is 4.74 Å². The highest BCUT2D eigenvalue weighted by Gasteiger charge is 2.21. The molecule has 0 atom stereocenters. The van der Waals surface area contributed by atoms with Crippen LogP contribution in [0.1, 0.15) is 5.56 Å². The Kier molecular flexibility index (Phi) is 5.40. The molecule has 3 heterocycles. The van der Waals surface area contributed by atoms with Gasteiger partial charge in [0.05, 0.1) is 37.4 Å². The molecule has 0 spiro atoms. The van der Waals surface area contributed by atoms with Gasteiger partial charge in [0.25, 0.3) is 0 Å². The number of rotatable bonds is 4. The minimum atomic E-state index is -0.318. The third kappa shape index (κ3) is 3.84. The number of ether oxygens (including phenoxy) is 1. The van der Waals surface area contributed by atoms with E-state index in [0.717, 1.165) is 64.0 Å². The van der Waals surface area contributed by atoms with Crippen LogP contribution >= 0.6 is 0 Å². The van der Waals surface area contributed by atoms with Gasteiger partial charge >= 0.3 is 0 Å². The average molecular weight is 372 g/mol. The van der Waals surface area contributed by atoms with Crippen molar-refractivity contribution in [3.63, 3.8) is 0 Å². The summed E-state index contributed by atoms with van der Waals surface area (Å²) in [5.41, 5.74) is 2.04. The Balaban J connectivity index is 1.39. The second-order valence-corrected chi connectivity index (χ2v) is 6.86. The van der Waals surface area contributed by atoms with E-state index in [1.54, 1.807) is 18.2 Å². The number of halogens is 1. The predicted octanol–water partition coefficient (Wildman–Crippen LogP) is 1.88. The van der Waals surface area contributed by atoms with Gasteiger partial charge in [-0.3, -0.25) is 0 Å². The van der Waals surface area contributed by atoms with Gasteiger partial charge in [0.2, 0.25) is 0 Å². The largest absolute Gasteiger partial charge is 0.392 e. The number of pyridine rings is 1. The molecule has 1 N–H and O–H groups in total. The molecule has 1 aromatic heterocycles. The summed E-state index contributed by atoms with van der Waals surface area (Å²) in [5, 5.41) is 9.26. The number of anilines is 3. The second-order valence-electron chi connectivity index (χ2n) is 6.86. The van der Waals surface area contributed by atoms with E-state index < -0.39 is 0 Å². The van der Waals surface area contributed by atoms with E-state index in [-0.39, 0.29) is 12.4 Å². The van der Waals surface area contributed by atoms with Crippen molar-refractivity contribution in [2.75, 3.05) is 67.2 Å². The lowest BCUT2D eigenvalue weighted by molar-refractivity contribution is 0.122. The van der Waals surface area contributed by atoms with Crippen molar-refractivity contribution in [3.8, 4) is 0 Å². The summed E-state index contributed by atoms with van der Waals surface area (Å²) in [7, 11) is 0. The zero-order chi connectivity index (χ0) is 18.6. The second kappa shape index (κ2) is 8.10. The molecule has 0 unspecified atom stereocenters. The van der Waals surface area contributed by atoms with Crippen molar-refractivity contribution in [1.82, 2.24) is 4.98 Å². The van der Waals surface area contributed by atoms with Gasteiger partial charge in [0.1, 0.15) is 5.82 Å². The van der Waals surface area contributed by atoms with Crippen molar-refractivity contribution >= 4 is 17.2 Å². The van der Waals surface area contributed by atoms with Gasteiger partial charge in [-0.1, -0.05) is 12.1 Å². The van der Waals surface area contributed by atoms with Gasteiger partial charge in [-0.05, 0) is 18.2 Å². The monoisotopic (exact) mass is 372 g/mol. The molecule has 2 aliphatic heterocycles. The zero-order valence-corrected chi connectivity index (χ0v) is 15.4. The van der Waals surface area contributed by atoms with E-state index in [0.29, 0.717) is 11.3 Å². The molecule has 6 nitrogen and oxygen atoms in total. The molecule has 1 aromatic carbocycles. The fraction of sp³-hybridized carbons (Fsp3) is 0.450. The Morgan fingerprint density at radius 3 is 2.33 bits per heavy atom. The summed E-state index contributed by atoms with van der Waals surface area (Å²) in [4.78, 5) is 11.2. The molecule has 2 saturated heterocycles. The molecule has 0 bridgehead atoms. The third-order valence-electron chi connectivity index (χ3n) is 5.28. The van der Waals surface area contributed by atoms with E-state index >= 15 is 0 Å². The summed E-state index contributed by atoms with van der Waals surface area (Å²) in [5.74, 6) is 0.637. The first-order valence-corrected chi connectivity index (χ1v) is 9.43. The average Bonchev–Trinajstić information content (AvgIpc) is 2.75. The highest BCUT2D eigenvalue weighted by Crippen LogP contribution is 2.25. The first kappa shape index (κ1) is 18.0. The van der Waals surface area contributed by atoms with Crippen LogP contribution in [0.15, 0.2) is 36.5 Å². The number of aliphatic hydroxyl groups is 1. The van der Waals surface area contributed by atoms with Gasteiger partial charge in [0, 0.05) is 44.8 Å². The number of aromatic nitrogens is 1. The molecule has 2 fully saturated rings. The quantitative estimate of drug-likeness (QED) is 0.885. The van der Waals surface area contributed by atoms with Gasteiger partial charge in [-0.2, -0.15) is 0 Å². The lowest BCUT2D eigenvalue weighted by atomic mass is 10.1. The molecule has 0 saturated carbocycles. The lowest BCUT2D eigenvalue weighted by Crippen LogP contribution is -2.47. The fourth-order valence-corrected chi connectivity index (χ4v) is 3.68. The van der Waals surface area contributed by atoms with Crippen LogP contribution in [-0.2, 0) is 11.3 Å². The number of morpholine rings is 1. The summed E-state index contributed by atoms with van der Waals surface area (Å²) in [6, 6.07) is 9.37. The number of piperazine rings is 1. The number of aliphatic hydroxyl groups excluding tert-OH is 1. The van der Waals surface area contributed by atoms with E-state index in [1.807, 2.05) is 11.1 Å². The van der Waals surface area contributed by atoms with Crippen molar-refractivity contribution in [3.05, 3.63) is 47.9 Å². The smallest absolute Gasteiger partial charge is 0.151 e. The third-order valence-corrected chi connectivity index (χ3v) is 5.28. The Morgan fingerprint density at radius 1 is 0.926 bits per heavy atom. The highest BCUT2D eigenvalue weighted by molar-refractivity contribution is 5.54. The summed E-state index contributed by atoms with van der Waals surface area (Å²) in [6.45, 7) is 6.06. The predicted molar refractivity (Wildman–Crippen MR) is 104 cm³/mol. The Bertz CT molecular complexity index is 757. The summed E-state index contributed by atoms with van der Waals surface area (Å²) >= 11 is 0. The van der Waals surface area contributed by atoms with Crippen molar-refractivity contribution in [1.29, 1.82) is 0 Å². The summed E-state index contributed by atoms with van der Waals surface area (Å²) in [6.07, 6.45) is 1.93. The van der Waals surface area contributed by atoms with Gasteiger partial charge < -0.3 is 24.5 Å². The topological polar surface area (TPSA) is 52.1 Å². The Hall–Kier alpha value is -2.38. The van der Waals surface area contributed by atoms with Gasteiger partial charge in [-0.25, -0.2) is 9.37 Å². The molecular weight excluding hydrogens is 347 g/mol. The van der Waals surface area contributed by atoms with Crippen LogP contribution in [0, 0.1) is 5.82 Å². The minimum absolute atomic E-state index is 0.279. The molecule has 0 amide bonds. The molecule has 144 valence electrons. The van der Waals surface area contributed by atoms with Crippen LogP contribution in [-0.4, -0.2) is 62.6 Å².